The summed E-state index contributed by atoms with van der Waals surface area (Å²) in [5.41, 5.74) is 1.36. The van der Waals surface area contributed by atoms with E-state index < -0.39 is 0 Å². The quantitative estimate of drug-likeness (QED) is 0.493. The number of rotatable bonds is 14. The Bertz CT molecular complexity index is 311. The number of nitrogens with one attached hydrogen (secondary N) is 2. The highest BCUT2D eigenvalue weighted by Gasteiger charge is 1.93. The van der Waals surface area contributed by atoms with Gasteiger partial charge in [-0.05, 0) is 18.5 Å². The molecular weight excluding hydrogens is 256 g/mol. The van der Waals surface area contributed by atoms with Crippen molar-refractivity contribution in [3.63, 3.8) is 0 Å². The van der Waals surface area contributed by atoms with Gasteiger partial charge in [-0.2, -0.15) is 0 Å². The Morgan fingerprint density at radius 3 is 2.00 bits per heavy atom. The van der Waals surface area contributed by atoms with Crippen molar-refractivity contribution >= 4 is 0 Å². The number of hydrogen-bond donors (Lipinski definition) is 2. The van der Waals surface area contributed by atoms with Gasteiger partial charge < -0.3 is 10.6 Å². The maximum atomic E-state index is 3.52. The van der Waals surface area contributed by atoms with Crippen LogP contribution in [0.3, 0.4) is 0 Å². The topological polar surface area (TPSA) is 24.1 Å². The summed E-state index contributed by atoms with van der Waals surface area (Å²) >= 11 is 0. The normalized spacial score (nSPS) is 10.9. The van der Waals surface area contributed by atoms with Crippen LogP contribution in [0.1, 0.15) is 63.9 Å². The molecule has 0 saturated carbocycles. The molecule has 0 atom stereocenters. The zero-order chi connectivity index (χ0) is 15.0. The molecule has 0 saturated heterocycles. The summed E-state index contributed by atoms with van der Waals surface area (Å²) in [5, 5.41) is 6.99. The van der Waals surface area contributed by atoms with Crippen LogP contribution in [0.4, 0.5) is 0 Å². The summed E-state index contributed by atoms with van der Waals surface area (Å²) in [6.45, 7) is 6.54. The van der Waals surface area contributed by atoms with E-state index in [0.717, 1.165) is 19.6 Å². The van der Waals surface area contributed by atoms with Crippen molar-refractivity contribution in [1.82, 2.24) is 10.6 Å². The van der Waals surface area contributed by atoms with Crippen molar-refractivity contribution in [3.8, 4) is 0 Å². The first-order valence-electron chi connectivity index (χ1n) is 8.89. The summed E-state index contributed by atoms with van der Waals surface area (Å²) in [4.78, 5) is 0. The van der Waals surface area contributed by atoms with E-state index in [2.05, 4.69) is 47.9 Å². The van der Waals surface area contributed by atoms with Crippen LogP contribution < -0.4 is 10.6 Å². The Morgan fingerprint density at radius 2 is 1.29 bits per heavy atom. The molecule has 2 N–H and O–H groups in total. The number of unbranched alkanes of at least 4 members (excludes halogenated alkanes) is 7. The highest BCUT2D eigenvalue weighted by molar-refractivity contribution is 5.14. The van der Waals surface area contributed by atoms with Crippen molar-refractivity contribution in [2.75, 3.05) is 19.6 Å². The minimum Gasteiger partial charge on any atom is -0.315 e. The van der Waals surface area contributed by atoms with Crippen LogP contribution >= 0.6 is 0 Å². The summed E-state index contributed by atoms with van der Waals surface area (Å²) < 4.78 is 0. The molecule has 0 radical (unpaired) electrons. The van der Waals surface area contributed by atoms with Gasteiger partial charge in [0.25, 0.3) is 0 Å². The summed E-state index contributed by atoms with van der Waals surface area (Å²) in [6, 6.07) is 10.6. The maximum absolute atomic E-state index is 3.52. The third-order valence-electron chi connectivity index (χ3n) is 3.86. The minimum absolute atomic E-state index is 0.972. The lowest BCUT2D eigenvalue weighted by molar-refractivity contribution is 0.546. The second-order valence-electron chi connectivity index (χ2n) is 5.89. The third-order valence-corrected chi connectivity index (χ3v) is 3.86. The van der Waals surface area contributed by atoms with Crippen molar-refractivity contribution in [2.24, 2.45) is 0 Å². The van der Waals surface area contributed by atoms with Crippen LogP contribution in [0.15, 0.2) is 30.3 Å². The molecule has 1 aromatic carbocycles. The lowest BCUT2D eigenvalue weighted by Gasteiger charge is -2.07. The predicted molar refractivity (Wildman–Crippen MR) is 93.6 cm³/mol. The van der Waals surface area contributed by atoms with Crippen LogP contribution in [0, 0.1) is 0 Å². The van der Waals surface area contributed by atoms with Crippen LogP contribution in [-0.4, -0.2) is 19.6 Å². The van der Waals surface area contributed by atoms with E-state index in [1.807, 2.05) is 0 Å². The van der Waals surface area contributed by atoms with Gasteiger partial charge in [0, 0.05) is 19.6 Å². The predicted octanol–water partition coefficient (Wildman–Crippen LogP) is 4.51. The fourth-order valence-corrected chi connectivity index (χ4v) is 2.51. The molecule has 0 unspecified atom stereocenters. The van der Waals surface area contributed by atoms with E-state index in [4.69, 9.17) is 0 Å². The Morgan fingerprint density at radius 1 is 0.667 bits per heavy atom. The van der Waals surface area contributed by atoms with Gasteiger partial charge in [-0.15, -0.1) is 0 Å². The minimum atomic E-state index is 0.972. The van der Waals surface area contributed by atoms with Gasteiger partial charge in [0.15, 0.2) is 0 Å². The van der Waals surface area contributed by atoms with Crippen molar-refractivity contribution in [3.05, 3.63) is 35.9 Å². The SMILES string of the molecule is CCCCCCCCCCNCCNCc1ccccc1. The van der Waals surface area contributed by atoms with E-state index in [-0.39, 0.29) is 0 Å². The van der Waals surface area contributed by atoms with Crippen molar-refractivity contribution in [1.29, 1.82) is 0 Å². The molecule has 120 valence electrons. The first-order chi connectivity index (χ1) is 10.4. The van der Waals surface area contributed by atoms with Gasteiger partial charge in [0.2, 0.25) is 0 Å². The molecule has 2 nitrogen and oxygen atoms in total. The Labute approximate surface area is 131 Å². The van der Waals surface area contributed by atoms with E-state index in [1.54, 1.807) is 0 Å². The molecule has 0 aliphatic heterocycles. The molecule has 0 heterocycles. The first-order valence-corrected chi connectivity index (χ1v) is 8.89. The molecule has 0 aliphatic rings. The molecule has 0 spiro atoms. The largest absolute Gasteiger partial charge is 0.315 e. The van der Waals surface area contributed by atoms with E-state index in [0.29, 0.717) is 0 Å². The molecule has 0 aliphatic carbocycles. The molecule has 1 aromatic rings. The van der Waals surface area contributed by atoms with Gasteiger partial charge in [-0.1, -0.05) is 82.2 Å². The number of hydrogen-bond acceptors (Lipinski definition) is 2. The zero-order valence-corrected chi connectivity index (χ0v) is 13.9. The Kier molecular flexibility index (Phi) is 12.2. The number of benzene rings is 1. The molecule has 0 aromatic heterocycles. The lowest BCUT2D eigenvalue weighted by atomic mass is 10.1. The van der Waals surface area contributed by atoms with Gasteiger partial charge >= 0.3 is 0 Å². The van der Waals surface area contributed by atoms with E-state index in [1.165, 1.54) is 63.5 Å². The molecule has 0 bridgehead atoms. The third kappa shape index (κ3) is 11.5. The standard InChI is InChI=1S/C19H34N2/c1-2-3-4-5-6-7-8-12-15-20-16-17-21-18-19-13-10-9-11-14-19/h9-11,13-14,20-21H,2-8,12,15-18H2,1H3. The molecule has 1 rings (SSSR count). The van der Waals surface area contributed by atoms with Gasteiger partial charge in [-0.3, -0.25) is 0 Å². The molecule has 0 fully saturated rings. The Balaban J connectivity index is 1.75. The molecule has 0 amide bonds. The van der Waals surface area contributed by atoms with Crippen molar-refractivity contribution < 1.29 is 0 Å². The van der Waals surface area contributed by atoms with Crippen LogP contribution in [0.25, 0.3) is 0 Å². The molecule has 2 heteroatoms. The van der Waals surface area contributed by atoms with Crippen LogP contribution in [-0.2, 0) is 6.54 Å². The van der Waals surface area contributed by atoms with E-state index in [9.17, 15) is 0 Å². The molecular formula is C19H34N2. The fourth-order valence-electron chi connectivity index (χ4n) is 2.51. The van der Waals surface area contributed by atoms with Gasteiger partial charge in [0.05, 0.1) is 0 Å². The molecule has 21 heavy (non-hydrogen) atoms. The zero-order valence-electron chi connectivity index (χ0n) is 13.9. The fraction of sp³-hybridized carbons (Fsp3) is 0.684. The van der Waals surface area contributed by atoms with Crippen LogP contribution in [0.2, 0.25) is 0 Å². The first kappa shape index (κ1) is 18.2. The monoisotopic (exact) mass is 290 g/mol. The highest BCUT2D eigenvalue weighted by Crippen LogP contribution is 2.07. The van der Waals surface area contributed by atoms with E-state index >= 15 is 0 Å². The average Bonchev–Trinajstić information content (AvgIpc) is 2.53. The van der Waals surface area contributed by atoms with Gasteiger partial charge in [-0.25, -0.2) is 0 Å². The summed E-state index contributed by atoms with van der Waals surface area (Å²) in [6.07, 6.45) is 11.2. The second kappa shape index (κ2) is 14.1. The van der Waals surface area contributed by atoms with Crippen LogP contribution in [0.5, 0.6) is 0 Å². The lowest BCUT2D eigenvalue weighted by Crippen LogP contribution is -2.27. The van der Waals surface area contributed by atoms with Crippen molar-refractivity contribution in [2.45, 2.75) is 64.8 Å². The highest BCUT2D eigenvalue weighted by atomic mass is 14.9. The average molecular weight is 290 g/mol. The smallest absolute Gasteiger partial charge is 0.0206 e. The van der Waals surface area contributed by atoms with Gasteiger partial charge in [0.1, 0.15) is 0 Å². The second-order valence-corrected chi connectivity index (χ2v) is 5.89. The summed E-state index contributed by atoms with van der Waals surface area (Å²) in [7, 11) is 0. The Hall–Kier alpha value is -0.860. The maximum Gasteiger partial charge on any atom is 0.0206 e. The summed E-state index contributed by atoms with van der Waals surface area (Å²) in [5.74, 6) is 0.